The van der Waals surface area contributed by atoms with Crippen LogP contribution in [0.25, 0.3) is 0 Å². The Bertz CT molecular complexity index is 1110. The molecule has 0 unspecified atom stereocenters. The Morgan fingerprint density at radius 2 is 1.75 bits per heavy atom. The molecule has 4 rings (SSSR count). The van der Waals surface area contributed by atoms with E-state index in [9.17, 15) is 19.5 Å². The molecule has 36 heavy (non-hydrogen) atoms. The first-order chi connectivity index (χ1) is 17.1. The van der Waals surface area contributed by atoms with Gasteiger partial charge in [0.1, 0.15) is 5.75 Å². The normalized spacial score (nSPS) is 19.5. The summed E-state index contributed by atoms with van der Waals surface area (Å²) in [5.41, 5.74) is 0.993. The second-order valence-corrected chi connectivity index (χ2v) is 10.9. The van der Waals surface area contributed by atoms with Gasteiger partial charge in [-0.15, -0.1) is 0 Å². The fourth-order valence-electron chi connectivity index (χ4n) is 5.88. The minimum atomic E-state index is -0.901. The van der Waals surface area contributed by atoms with E-state index < -0.39 is 16.8 Å². The summed E-state index contributed by atoms with van der Waals surface area (Å²) in [5, 5.41) is 9.17. The van der Waals surface area contributed by atoms with Gasteiger partial charge in [-0.05, 0) is 41.5 Å². The van der Waals surface area contributed by atoms with E-state index in [0.29, 0.717) is 39.0 Å². The molecule has 2 heterocycles. The second-order valence-electron chi connectivity index (χ2n) is 10.9. The number of carbonyl (C=O) groups is 3. The molecule has 1 spiro atoms. The highest BCUT2D eigenvalue weighted by molar-refractivity contribution is 5.87. The first-order valence-corrected chi connectivity index (χ1v) is 12.6. The van der Waals surface area contributed by atoms with Gasteiger partial charge < -0.3 is 19.6 Å². The zero-order valence-corrected chi connectivity index (χ0v) is 21.4. The van der Waals surface area contributed by atoms with Crippen molar-refractivity contribution in [3.63, 3.8) is 0 Å². The van der Waals surface area contributed by atoms with Crippen LogP contribution in [0.15, 0.2) is 54.6 Å². The fourth-order valence-corrected chi connectivity index (χ4v) is 5.88. The van der Waals surface area contributed by atoms with Crippen molar-refractivity contribution in [2.24, 2.45) is 10.8 Å². The summed E-state index contributed by atoms with van der Waals surface area (Å²) >= 11 is 0. The van der Waals surface area contributed by atoms with Crippen LogP contribution >= 0.6 is 0 Å². The van der Waals surface area contributed by atoms with Crippen molar-refractivity contribution in [1.29, 1.82) is 0 Å². The molecule has 2 aliphatic rings. The molecule has 0 bridgehead atoms. The molecule has 0 radical (unpaired) electrons. The van der Waals surface area contributed by atoms with E-state index >= 15 is 0 Å². The number of likely N-dealkylation sites (tertiary alicyclic amines) is 2. The maximum atomic E-state index is 14.0. The smallest absolute Gasteiger partial charge is 0.303 e. The maximum Gasteiger partial charge on any atom is 0.303 e. The molecule has 7 heteroatoms. The lowest BCUT2D eigenvalue weighted by Gasteiger charge is -2.42. The summed E-state index contributed by atoms with van der Waals surface area (Å²) < 4.78 is 5.47. The highest BCUT2D eigenvalue weighted by atomic mass is 16.5. The Hall–Kier alpha value is -3.35. The van der Waals surface area contributed by atoms with Crippen molar-refractivity contribution in [1.82, 2.24) is 9.80 Å². The fraction of sp³-hybridized carbons (Fsp3) is 0.483. The summed E-state index contributed by atoms with van der Waals surface area (Å²) in [5.74, 6) is -0.0194. The summed E-state index contributed by atoms with van der Waals surface area (Å²) in [6, 6.07) is 18.0. The number of amides is 2. The van der Waals surface area contributed by atoms with Crippen molar-refractivity contribution >= 4 is 17.8 Å². The predicted molar refractivity (Wildman–Crippen MR) is 136 cm³/mol. The highest BCUT2D eigenvalue weighted by Crippen LogP contribution is 2.51. The molecule has 2 aromatic carbocycles. The monoisotopic (exact) mass is 492 g/mol. The number of nitrogens with zero attached hydrogens (tertiary/aromatic N) is 2. The van der Waals surface area contributed by atoms with E-state index in [1.54, 1.807) is 7.11 Å². The van der Waals surface area contributed by atoms with Crippen molar-refractivity contribution in [3.05, 3.63) is 65.7 Å². The van der Waals surface area contributed by atoms with Gasteiger partial charge in [0, 0.05) is 38.5 Å². The molecule has 2 fully saturated rings. The quantitative estimate of drug-likeness (QED) is 0.593. The van der Waals surface area contributed by atoms with Gasteiger partial charge in [0.25, 0.3) is 0 Å². The number of hydrogen-bond donors (Lipinski definition) is 1. The van der Waals surface area contributed by atoms with Crippen LogP contribution in [0.3, 0.4) is 0 Å². The zero-order chi connectivity index (χ0) is 25.9. The lowest BCUT2D eigenvalue weighted by molar-refractivity contribution is -0.145. The van der Waals surface area contributed by atoms with Gasteiger partial charge in [-0.25, -0.2) is 0 Å². The number of carbonyl (C=O) groups excluding carboxylic acids is 2. The van der Waals surface area contributed by atoms with Crippen LogP contribution in [0.2, 0.25) is 0 Å². The molecular weight excluding hydrogens is 456 g/mol. The summed E-state index contributed by atoms with van der Waals surface area (Å²) in [7, 11) is 1.65. The number of aliphatic carboxylic acids is 1. The van der Waals surface area contributed by atoms with E-state index in [-0.39, 0.29) is 30.6 Å². The van der Waals surface area contributed by atoms with Crippen LogP contribution in [0.4, 0.5) is 0 Å². The standard InChI is InChI=1S/C29H36N2O5/c1-28(2,18-26(33)34)17-25(32)30-14-12-29(13-15-30)24(22-10-7-11-23(16-22)36-3)20-31(27(29)35)19-21-8-5-4-6-9-21/h4-11,16,24H,12-15,17-20H2,1-3H3,(H,33,34)/t24-/m1/s1. The summed E-state index contributed by atoms with van der Waals surface area (Å²) in [6.07, 6.45) is 1.30. The number of benzene rings is 2. The molecule has 0 aromatic heterocycles. The molecular formula is C29H36N2O5. The van der Waals surface area contributed by atoms with Crippen molar-refractivity contribution in [2.45, 2.75) is 52.0 Å². The van der Waals surface area contributed by atoms with E-state index in [2.05, 4.69) is 6.07 Å². The summed E-state index contributed by atoms with van der Waals surface area (Å²) in [4.78, 5) is 42.0. The van der Waals surface area contributed by atoms with Gasteiger partial charge in [0.15, 0.2) is 0 Å². The molecule has 2 aliphatic heterocycles. The number of ether oxygens (including phenoxy) is 1. The second kappa shape index (κ2) is 10.3. The van der Waals surface area contributed by atoms with Crippen molar-refractivity contribution < 1.29 is 24.2 Å². The minimum Gasteiger partial charge on any atom is -0.497 e. The number of piperidine rings is 1. The van der Waals surface area contributed by atoms with Crippen LogP contribution in [-0.2, 0) is 20.9 Å². The average molecular weight is 493 g/mol. The molecule has 192 valence electrons. The third-order valence-corrected chi connectivity index (χ3v) is 7.76. The van der Waals surface area contributed by atoms with Crippen LogP contribution < -0.4 is 4.74 Å². The summed E-state index contributed by atoms with van der Waals surface area (Å²) in [6.45, 7) is 5.80. The molecule has 7 nitrogen and oxygen atoms in total. The first-order valence-electron chi connectivity index (χ1n) is 12.6. The molecule has 2 saturated heterocycles. The van der Waals surface area contributed by atoms with Crippen LogP contribution in [-0.4, -0.2) is 59.4 Å². The largest absolute Gasteiger partial charge is 0.497 e. The molecule has 0 aliphatic carbocycles. The number of hydrogen-bond acceptors (Lipinski definition) is 4. The SMILES string of the molecule is COc1cccc([C@H]2CN(Cc3ccccc3)C(=O)C23CCN(C(=O)CC(C)(C)CC(=O)O)CC3)c1. The third-order valence-electron chi connectivity index (χ3n) is 7.76. The van der Waals surface area contributed by atoms with Crippen LogP contribution in [0.1, 0.15) is 56.6 Å². The van der Waals surface area contributed by atoms with Gasteiger partial charge in [-0.2, -0.15) is 0 Å². The first kappa shape index (κ1) is 25.7. The molecule has 0 saturated carbocycles. The van der Waals surface area contributed by atoms with Crippen LogP contribution in [0.5, 0.6) is 5.75 Å². The molecule has 2 aromatic rings. The minimum absolute atomic E-state index is 0.00418. The number of rotatable bonds is 8. The van der Waals surface area contributed by atoms with E-state index in [1.165, 1.54) is 0 Å². The number of carboxylic acids is 1. The number of carboxylic acid groups (broad SMARTS) is 1. The molecule has 1 atom stereocenters. The van der Waals surface area contributed by atoms with E-state index in [1.807, 2.05) is 72.2 Å². The molecule has 2 amide bonds. The number of methoxy groups -OCH3 is 1. The van der Waals surface area contributed by atoms with E-state index in [0.717, 1.165) is 16.9 Å². The Labute approximate surface area is 213 Å². The van der Waals surface area contributed by atoms with Gasteiger partial charge in [-0.3, -0.25) is 14.4 Å². The zero-order valence-electron chi connectivity index (χ0n) is 21.4. The molecule has 1 N–H and O–H groups in total. The van der Waals surface area contributed by atoms with Crippen molar-refractivity contribution in [3.8, 4) is 5.75 Å². The van der Waals surface area contributed by atoms with E-state index in [4.69, 9.17) is 4.74 Å². The lowest BCUT2D eigenvalue weighted by Crippen LogP contribution is -2.48. The Balaban J connectivity index is 1.55. The Kier molecular flexibility index (Phi) is 7.38. The van der Waals surface area contributed by atoms with Gasteiger partial charge >= 0.3 is 5.97 Å². The van der Waals surface area contributed by atoms with Crippen molar-refractivity contribution in [2.75, 3.05) is 26.7 Å². The third kappa shape index (κ3) is 5.40. The Morgan fingerprint density at radius 1 is 1.06 bits per heavy atom. The Morgan fingerprint density at radius 3 is 2.39 bits per heavy atom. The van der Waals surface area contributed by atoms with Gasteiger partial charge in [-0.1, -0.05) is 56.3 Å². The van der Waals surface area contributed by atoms with Gasteiger partial charge in [0.2, 0.25) is 11.8 Å². The van der Waals surface area contributed by atoms with Crippen LogP contribution in [0, 0.1) is 10.8 Å². The topological polar surface area (TPSA) is 87.2 Å². The van der Waals surface area contributed by atoms with Gasteiger partial charge in [0.05, 0.1) is 18.9 Å². The maximum absolute atomic E-state index is 14.0. The lowest BCUT2D eigenvalue weighted by atomic mass is 9.67. The highest BCUT2D eigenvalue weighted by Gasteiger charge is 2.55. The predicted octanol–water partition coefficient (Wildman–Crippen LogP) is 4.32. The average Bonchev–Trinajstić information content (AvgIpc) is 3.10.